The Morgan fingerprint density at radius 2 is 1.70 bits per heavy atom. The van der Waals surface area contributed by atoms with Crippen LogP contribution in [-0.4, -0.2) is 74.5 Å². The molecular formula is C31H44F2N8O2. The fraction of sp³-hybridized carbons (Fsp3) is 0.645. The second kappa shape index (κ2) is 13.8. The van der Waals surface area contributed by atoms with E-state index in [4.69, 9.17) is 15.6 Å². The number of nitrogens with one attached hydrogen (secondary N) is 1. The first-order valence-electron chi connectivity index (χ1n) is 15.9. The number of aromatic nitrogens is 4. The molecule has 0 bridgehead atoms. The standard InChI is InChI=1S/C31H44F2N8O2/c32-25-5-4-6-26(33)28(25)37-31-36-27-19-35-30(38-29(27)40(31)22-9-7-21(20-42)8-10-22)41(34)23-11-13-24(14-12-23)43-18-17-39-15-2-1-3-16-39/h4-6,19,21-24,42H,1-3,7-18,20,34H2,(H,36,37). The maximum absolute atomic E-state index is 14.6. The van der Waals surface area contributed by atoms with E-state index in [9.17, 15) is 13.9 Å². The van der Waals surface area contributed by atoms with Crippen molar-refractivity contribution in [2.75, 3.05) is 43.2 Å². The molecule has 3 aromatic rings. The van der Waals surface area contributed by atoms with Crippen LogP contribution in [0.15, 0.2) is 24.4 Å². The molecule has 0 atom stereocenters. The number of hydrogen-bond acceptors (Lipinski definition) is 9. The number of aliphatic hydroxyl groups is 1. The molecular weight excluding hydrogens is 554 g/mol. The maximum Gasteiger partial charge on any atom is 0.242 e. The number of likely N-dealkylation sites (tertiary alicyclic amines) is 1. The Kier molecular flexibility index (Phi) is 9.66. The number of benzene rings is 1. The van der Waals surface area contributed by atoms with Crippen LogP contribution < -0.4 is 16.2 Å². The number of ether oxygens (including phenoxy) is 1. The first-order valence-corrected chi connectivity index (χ1v) is 15.9. The molecule has 1 aromatic carbocycles. The predicted octanol–water partition coefficient (Wildman–Crippen LogP) is 5.07. The van der Waals surface area contributed by atoms with Gasteiger partial charge in [-0.1, -0.05) is 12.5 Å². The highest BCUT2D eigenvalue weighted by Crippen LogP contribution is 2.38. The third-order valence-corrected chi connectivity index (χ3v) is 9.54. The fourth-order valence-corrected chi connectivity index (χ4v) is 6.94. The van der Waals surface area contributed by atoms with Crippen molar-refractivity contribution in [2.24, 2.45) is 11.8 Å². The normalized spacial score (nSPS) is 25.2. The summed E-state index contributed by atoms with van der Waals surface area (Å²) < 4.78 is 37.3. The lowest BCUT2D eigenvalue weighted by Gasteiger charge is -2.34. The van der Waals surface area contributed by atoms with Gasteiger partial charge >= 0.3 is 0 Å². The van der Waals surface area contributed by atoms with Gasteiger partial charge in [0.2, 0.25) is 11.9 Å². The van der Waals surface area contributed by atoms with Gasteiger partial charge < -0.3 is 20.1 Å². The smallest absolute Gasteiger partial charge is 0.242 e. The fourth-order valence-electron chi connectivity index (χ4n) is 6.94. The topological polar surface area (TPSA) is 118 Å². The number of halogens is 2. The third-order valence-electron chi connectivity index (χ3n) is 9.54. The molecule has 0 spiro atoms. The molecule has 3 heterocycles. The minimum atomic E-state index is -0.700. The summed E-state index contributed by atoms with van der Waals surface area (Å²) in [5.41, 5.74) is 0.833. The number of anilines is 3. The second-order valence-electron chi connectivity index (χ2n) is 12.4. The number of piperidine rings is 1. The summed E-state index contributed by atoms with van der Waals surface area (Å²) in [4.78, 5) is 16.6. The van der Waals surface area contributed by atoms with Crippen LogP contribution in [0.25, 0.3) is 11.2 Å². The number of hydrazine groups is 1. The lowest BCUT2D eigenvalue weighted by molar-refractivity contribution is 0.0108. The molecule has 0 unspecified atom stereocenters. The van der Waals surface area contributed by atoms with Gasteiger partial charge in [0.05, 0.1) is 18.9 Å². The Balaban J connectivity index is 1.17. The lowest BCUT2D eigenvalue weighted by Crippen LogP contribution is -2.45. The van der Waals surface area contributed by atoms with Gasteiger partial charge in [-0.25, -0.2) is 24.6 Å². The van der Waals surface area contributed by atoms with Crippen LogP contribution in [0.4, 0.5) is 26.4 Å². The highest BCUT2D eigenvalue weighted by Gasteiger charge is 2.30. The zero-order chi connectivity index (χ0) is 29.8. The van der Waals surface area contributed by atoms with E-state index < -0.39 is 11.6 Å². The third kappa shape index (κ3) is 6.92. The van der Waals surface area contributed by atoms with Gasteiger partial charge in [-0.05, 0) is 95.3 Å². The molecule has 4 N–H and O–H groups in total. The molecule has 43 heavy (non-hydrogen) atoms. The van der Waals surface area contributed by atoms with Crippen LogP contribution in [-0.2, 0) is 4.74 Å². The van der Waals surface area contributed by atoms with Crippen LogP contribution in [0.2, 0.25) is 0 Å². The molecule has 234 valence electrons. The summed E-state index contributed by atoms with van der Waals surface area (Å²) in [6, 6.07) is 3.84. The number of nitrogens with two attached hydrogens (primary N) is 1. The molecule has 10 nitrogen and oxygen atoms in total. The zero-order valence-electron chi connectivity index (χ0n) is 24.8. The summed E-state index contributed by atoms with van der Waals surface area (Å²) >= 11 is 0. The van der Waals surface area contributed by atoms with Gasteiger partial charge in [0.25, 0.3) is 0 Å². The number of fused-ring (bicyclic) bond motifs is 1. The molecule has 3 aliphatic rings. The van der Waals surface area contributed by atoms with Gasteiger partial charge in [0.15, 0.2) is 5.65 Å². The summed E-state index contributed by atoms with van der Waals surface area (Å²) in [6.07, 6.45) is 12.7. The first kappa shape index (κ1) is 30.1. The van der Waals surface area contributed by atoms with Crippen LogP contribution >= 0.6 is 0 Å². The second-order valence-corrected chi connectivity index (χ2v) is 12.4. The molecule has 2 aliphatic carbocycles. The number of imidazole rings is 1. The quantitative estimate of drug-likeness (QED) is 0.217. The molecule has 0 amide bonds. The largest absolute Gasteiger partial charge is 0.396 e. The highest BCUT2D eigenvalue weighted by molar-refractivity contribution is 5.77. The molecule has 12 heteroatoms. The lowest BCUT2D eigenvalue weighted by atomic mass is 9.86. The molecule has 6 rings (SSSR count). The van der Waals surface area contributed by atoms with Crippen molar-refractivity contribution in [1.29, 1.82) is 0 Å². The van der Waals surface area contributed by atoms with Gasteiger partial charge in [-0.2, -0.15) is 4.98 Å². The Morgan fingerprint density at radius 3 is 2.40 bits per heavy atom. The van der Waals surface area contributed by atoms with Crippen molar-refractivity contribution >= 4 is 28.7 Å². The minimum Gasteiger partial charge on any atom is -0.396 e. The van der Waals surface area contributed by atoms with Crippen molar-refractivity contribution < 1.29 is 18.6 Å². The zero-order valence-corrected chi connectivity index (χ0v) is 24.8. The molecule has 0 radical (unpaired) electrons. The monoisotopic (exact) mass is 598 g/mol. The Bertz CT molecular complexity index is 1330. The Labute approximate surface area is 251 Å². The van der Waals surface area contributed by atoms with E-state index >= 15 is 0 Å². The SMILES string of the molecule is NN(c1ncc2nc(Nc3c(F)cccc3F)n(C3CCC(CO)CC3)c2n1)C1CCC(OCCN2CCCCC2)CC1. The summed E-state index contributed by atoms with van der Waals surface area (Å²) in [6.45, 7) is 4.31. The van der Waals surface area contributed by atoms with Crippen LogP contribution in [0, 0.1) is 17.6 Å². The number of para-hydroxylation sites is 1. The summed E-state index contributed by atoms with van der Waals surface area (Å²) in [5.74, 6) is 6.18. The molecule has 3 fully saturated rings. The van der Waals surface area contributed by atoms with Crippen LogP contribution in [0.3, 0.4) is 0 Å². The van der Waals surface area contributed by atoms with Crippen molar-refractivity contribution in [3.05, 3.63) is 36.0 Å². The van der Waals surface area contributed by atoms with Gasteiger partial charge in [0.1, 0.15) is 22.8 Å². The van der Waals surface area contributed by atoms with Crippen LogP contribution in [0.1, 0.15) is 76.7 Å². The molecule has 1 saturated heterocycles. The minimum absolute atomic E-state index is 0.00312. The van der Waals surface area contributed by atoms with Gasteiger partial charge in [-0.15, -0.1) is 0 Å². The number of hydrogen-bond donors (Lipinski definition) is 3. The highest BCUT2D eigenvalue weighted by atomic mass is 19.1. The van der Waals surface area contributed by atoms with Gasteiger partial charge in [-0.3, -0.25) is 9.58 Å². The average Bonchev–Trinajstić information content (AvgIpc) is 3.40. The predicted molar refractivity (Wildman–Crippen MR) is 162 cm³/mol. The van der Waals surface area contributed by atoms with Crippen LogP contribution in [0.5, 0.6) is 0 Å². The molecule has 1 aliphatic heterocycles. The van der Waals surface area contributed by atoms with Crippen molar-refractivity contribution in [3.63, 3.8) is 0 Å². The van der Waals surface area contributed by atoms with E-state index in [1.807, 2.05) is 4.57 Å². The molecule has 2 saturated carbocycles. The first-order chi connectivity index (χ1) is 21.0. The Hall–Kier alpha value is -2.93. The number of nitrogens with zero attached hydrogens (tertiary/aromatic N) is 6. The summed E-state index contributed by atoms with van der Waals surface area (Å²) in [7, 11) is 0. The van der Waals surface area contributed by atoms with E-state index in [1.165, 1.54) is 50.6 Å². The van der Waals surface area contributed by atoms with E-state index in [1.54, 1.807) is 11.2 Å². The van der Waals surface area contributed by atoms with Gasteiger partial charge in [0, 0.05) is 25.2 Å². The average molecular weight is 599 g/mol. The van der Waals surface area contributed by atoms with E-state index in [-0.39, 0.29) is 36.4 Å². The van der Waals surface area contributed by atoms with Crippen molar-refractivity contribution in [2.45, 2.75) is 88.8 Å². The summed E-state index contributed by atoms with van der Waals surface area (Å²) in [5, 5.41) is 14.2. The van der Waals surface area contributed by atoms with Crippen molar-refractivity contribution in [1.82, 2.24) is 24.4 Å². The number of rotatable bonds is 10. The van der Waals surface area contributed by atoms with E-state index in [2.05, 4.69) is 20.2 Å². The van der Waals surface area contributed by atoms with E-state index in [0.717, 1.165) is 64.5 Å². The molecule has 2 aromatic heterocycles. The number of aliphatic hydroxyl groups excluding tert-OH is 1. The maximum atomic E-state index is 14.6. The van der Waals surface area contributed by atoms with Crippen molar-refractivity contribution in [3.8, 4) is 0 Å². The van der Waals surface area contributed by atoms with E-state index in [0.29, 0.717) is 23.1 Å². The Morgan fingerprint density at radius 1 is 0.977 bits per heavy atom.